The third-order valence-corrected chi connectivity index (χ3v) is 5.91. The van der Waals surface area contributed by atoms with Gasteiger partial charge < -0.3 is 29.3 Å². The average molecular weight is 449 g/mol. The second-order valence-corrected chi connectivity index (χ2v) is 7.75. The molecule has 1 saturated heterocycles. The smallest absolute Gasteiger partial charge is 0.205 e. The summed E-state index contributed by atoms with van der Waals surface area (Å²) in [7, 11) is 4.84. The molecule has 0 atom stereocenters. The van der Waals surface area contributed by atoms with Gasteiger partial charge in [-0.1, -0.05) is 6.92 Å². The Labute approximate surface area is 188 Å². The summed E-state index contributed by atoms with van der Waals surface area (Å²) in [5, 5.41) is 4.43. The molecule has 1 fully saturated rings. The van der Waals surface area contributed by atoms with E-state index in [2.05, 4.69) is 38.3 Å². The summed E-state index contributed by atoms with van der Waals surface area (Å²) in [5.74, 6) is 3.68. The van der Waals surface area contributed by atoms with Crippen molar-refractivity contribution in [3.8, 4) is 17.2 Å². The minimum absolute atomic E-state index is 0.509. The Kier molecular flexibility index (Phi) is 8.16. The van der Waals surface area contributed by atoms with Gasteiger partial charge in [-0.25, -0.2) is 9.98 Å². The van der Waals surface area contributed by atoms with Gasteiger partial charge in [0.05, 0.1) is 27.9 Å². The van der Waals surface area contributed by atoms with Crippen LogP contribution >= 0.6 is 11.5 Å². The lowest BCUT2D eigenvalue weighted by Crippen LogP contribution is -2.52. The molecule has 9 nitrogen and oxygen atoms in total. The van der Waals surface area contributed by atoms with Crippen LogP contribution < -0.4 is 24.4 Å². The molecule has 1 aliphatic rings. The highest BCUT2D eigenvalue weighted by molar-refractivity contribution is 7.09. The maximum atomic E-state index is 5.46. The number of hydrogen-bond donors (Lipinski definition) is 1. The number of ether oxygens (including phenoxy) is 3. The molecule has 31 heavy (non-hydrogen) atoms. The fourth-order valence-electron chi connectivity index (χ4n) is 3.44. The van der Waals surface area contributed by atoms with Crippen LogP contribution in [-0.4, -0.2) is 74.3 Å². The number of hydrogen-bond acceptors (Lipinski definition) is 8. The number of anilines is 1. The molecule has 0 spiro atoms. The van der Waals surface area contributed by atoms with Crippen LogP contribution in [0.15, 0.2) is 17.1 Å². The maximum Gasteiger partial charge on any atom is 0.205 e. The quantitative estimate of drug-likeness (QED) is 0.487. The monoisotopic (exact) mass is 448 g/mol. The maximum absolute atomic E-state index is 5.46. The van der Waals surface area contributed by atoms with Crippen molar-refractivity contribution in [2.45, 2.75) is 26.8 Å². The number of piperazine rings is 1. The summed E-state index contributed by atoms with van der Waals surface area (Å²) < 4.78 is 20.7. The molecule has 0 unspecified atom stereocenters. The van der Waals surface area contributed by atoms with Crippen molar-refractivity contribution in [1.29, 1.82) is 0 Å². The summed E-state index contributed by atoms with van der Waals surface area (Å²) in [6, 6.07) is 3.88. The second kappa shape index (κ2) is 11.0. The van der Waals surface area contributed by atoms with Crippen LogP contribution in [-0.2, 0) is 13.0 Å². The Bertz CT molecular complexity index is 855. The highest BCUT2D eigenvalue weighted by Gasteiger charge is 2.22. The number of benzene rings is 1. The zero-order valence-electron chi connectivity index (χ0n) is 19.0. The highest BCUT2D eigenvalue weighted by Crippen LogP contribution is 2.38. The van der Waals surface area contributed by atoms with Crippen molar-refractivity contribution < 1.29 is 14.2 Å². The number of rotatable bonds is 8. The molecule has 0 radical (unpaired) electrons. The van der Waals surface area contributed by atoms with Crippen LogP contribution in [0.5, 0.6) is 17.2 Å². The van der Waals surface area contributed by atoms with Crippen LogP contribution in [0, 0.1) is 0 Å². The molecular formula is C21H32N6O3S. The highest BCUT2D eigenvalue weighted by atomic mass is 32.1. The predicted octanol–water partition coefficient (Wildman–Crippen LogP) is 2.41. The van der Waals surface area contributed by atoms with E-state index in [0.717, 1.165) is 61.6 Å². The molecule has 1 aromatic carbocycles. The van der Waals surface area contributed by atoms with E-state index in [4.69, 9.17) is 19.2 Å². The lowest BCUT2D eigenvalue weighted by molar-refractivity contribution is 0.324. The van der Waals surface area contributed by atoms with Gasteiger partial charge in [0, 0.05) is 50.7 Å². The van der Waals surface area contributed by atoms with Crippen LogP contribution in [0.1, 0.15) is 25.2 Å². The molecule has 0 aliphatic carbocycles. The van der Waals surface area contributed by atoms with Gasteiger partial charge in [-0.15, -0.1) is 0 Å². The molecular weight excluding hydrogens is 416 g/mol. The normalized spacial score (nSPS) is 14.5. The Hall–Kier alpha value is -2.75. The van der Waals surface area contributed by atoms with Gasteiger partial charge in [0.25, 0.3) is 0 Å². The van der Waals surface area contributed by atoms with Crippen molar-refractivity contribution >= 4 is 22.6 Å². The zero-order valence-corrected chi connectivity index (χ0v) is 19.8. The summed E-state index contributed by atoms with van der Waals surface area (Å²) in [4.78, 5) is 14.1. The predicted molar refractivity (Wildman–Crippen MR) is 124 cm³/mol. The molecule has 3 rings (SSSR count). The molecule has 1 N–H and O–H groups in total. The van der Waals surface area contributed by atoms with E-state index in [-0.39, 0.29) is 0 Å². The number of nitrogens with zero attached hydrogens (tertiary/aromatic N) is 5. The first kappa shape index (κ1) is 22.9. The Morgan fingerprint density at radius 3 is 2.26 bits per heavy atom. The Morgan fingerprint density at radius 1 is 1.06 bits per heavy atom. The van der Waals surface area contributed by atoms with E-state index in [1.807, 2.05) is 12.1 Å². The Morgan fingerprint density at radius 2 is 1.74 bits per heavy atom. The van der Waals surface area contributed by atoms with Crippen molar-refractivity contribution in [2.24, 2.45) is 4.99 Å². The lowest BCUT2D eigenvalue weighted by atomic mass is 10.2. The topological polar surface area (TPSA) is 84.3 Å². The van der Waals surface area contributed by atoms with E-state index in [9.17, 15) is 0 Å². The average Bonchev–Trinajstić information content (AvgIpc) is 3.30. The first-order valence-corrected chi connectivity index (χ1v) is 11.3. The lowest BCUT2D eigenvalue weighted by Gasteiger charge is -2.36. The van der Waals surface area contributed by atoms with E-state index < -0.39 is 0 Å². The van der Waals surface area contributed by atoms with Gasteiger partial charge in [0.1, 0.15) is 5.82 Å². The number of guanidine groups is 1. The van der Waals surface area contributed by atoms with Gasteiger partial charge in [-0.05, 0) is 24.6 Å². The summed E-state index contributed by atoms with van der Waals surface area (Å²) in [6.45, 7) is 9.03. The molecule has 0 saturated carbocycles. The number of aliphatic imine (C=N–C) groups is 1. The van der Waals surface area contributed by atoms with E-state index in [0.29, 0.717) is 23.8 Å². The van der Waals surface area contributed by atoms with Crippen LogP contribution in [0.2, 0.25) is 0 Å². The summed E-state index contributed by atoms with van der Waals surface area (Å²) in [5.41, 5.74) is 0.990. The molecule has 170 valence electrons. The standard InChI is InChI=1S/C21H32N6O3S/c1-6-18-24-21(31-25-18)27-10-8-26(9-11-27)20(22-7-2)23-14-15-12-16(28-3)19(30-5)17(13-15)29-4/h12-13H,6-11,14H2,1-5H3,(H,22,23). The number of methoxy groups -OCH3 is 3. The van der Waals surface area contributed by atoms with Gasteiger partial charge in [0.2, 0.25) is 10.9 Å². The first-order valence-electron chi connectivity index (χ1n) is 10.5. The largest absolute Gasteiger partial charge is 0.493 e. The Balaban J connectivity index is 1.69. The van der Waals surface area contributed by atoms with Gasteiger partial charge >= 0.3 is 0 Å². The summed E-state index contributed by atoms with van der Waals surface area (Å²) >= 11 is 1.48. The number of aromatic nitrogens is 2. The van der Waals surface area contributed by atoms with Gasteiger partial charge in [-0.2, -0.15) is 4.37 Å². The van der Waals surface area contributed by atoms with Crippen molar-refractivity contribution in [3.05, 3.63) is 23.5 Å². The molecule has 1 aliphatic heterocycles. The van der Waals surface area contributed by atoms with Crippen LogP contribution in [0.3, 0.4) is 0 Å². The minimum atomic E-state index is 0.509. The second-order valence-electron chi connectivity index (χ2n) is 7.02. The third-order valence-electron chi connectivity index (χ3n) is 5.09. The van der Waals surface area contributed by atoms with E-state index in [1.54, 1.807) is 21.3 Å². The van der Waals surface area contributed by atoms with Gasteiger partial charge in [0.15, 0.2) is 17.5 Å². The van der Waals surface area contributed by atoms with Crippen LogP contribution in [0.4, 0.5) is 5.13 Å². The first-order chi connectivity index (χ1) is 15.1. The fraction of sp³-hybridized carbons (Fsp3) is 0.571. The van der Waals surface area contributed by atoms with Crippen LogP contribution in [0.25, 0.3) is 0 Å². The molecule has 0 bridgehead atoms. The molecule has 2 aromatic rings. The van der Waals surface area contributed by atoms with Crippen molar-refractivity contribution in [2.75, 3.05) is 59.0 Å². The molecule has 0 amide bonds. The van der Waals surface area contributed by atoms with Crippen molar-refractivity contribution in [3.63, 3.8) is 0 Å². The fourth-order valence-corrected chi connectivity index (χ4v) is 4.25. The number of aryl methyl sites for hydroxylation is 1. The molecule has 10 heteroatoms. The SMILES string of the molecule is CCNC(=NCc1cc(OC)c(OC)c(OC)c1)N1CCN(c2nc(CC)ns2)CC1. The molecule has 1 aromatic heterocycles. The summed E-state index contributed by atoms with van der Waals surface area (Å²) in [6.07, 6.45) is 0.870. The number of nitrogens with one attached hydrogen (secondary N) is 1. The molecule has 2 heterocycles. The van der Waals surface area contributed by atoms with Gasteiger partial charge in [-0.3, -0.25) is 0 Å². The zero-order chi connectivity index (χ0) is 22.2. The van der Waals surface area contributed by atoms with E-state index >= 15 is 0 Å². The van der Waals surface area contributed by atoms with Crippen molar-refractivity contribution in [1.82, 2.24) is 19.6 Å². The third kappa shape index (κ3) is 5.49. The van der Waals surface area contributed by atoms with E-state index in [1.165, 1.54) is 11.5 Å². The minimum Gasteiger partial charge on any atom is -0.493 e.